The second-order valence-electron chi connectivity index (χ2n) is 8.37. The monoisotopic (exact) mass is 386 g/mol. The van der Waals surface area contributed by atoms with Crippen molar-refractivity contribution in [2.45, 2.75) is 31.8 Å². The lowest BCUT2D eigenvalue weighted by Gasteiger charge is -2.38. The van der Waals surface area contributed by atoms with Crippen molar-refractivity contribution in [1.29, 1.82) is 0 Å². The predicted molar refractivity (Wildman–Crippen MR) is 105 cm³/mol. The molecule has 3 heterocycles. The van der Waals surface area contributed by atoms with Gasteiger partial charge in [0.15, 0.2) is 0 Å². The first-order valence-electron chi connectivity index (χ1n) is 10.5. The minimum atomic E-state index is -0.164. The Morgan fingerprint density at radius 3 is 2.68 bits per heavy atom. The summed E-state index contributed by atoms with van der Waals surface area (Å²) < 4.78 is 5.63. The van der Waals surface area contributed by atoms with E-state index >= 15 is 0 Å². The Morgan fingerprint density at radius 2 is 1.96 bits per heavy atom. The zero-order chi connectivity index (χ0) is 19.3. The van der Waals surface area contributed by atoms with Crippen LogP contribution in [0.25, 0.3) is 0 Å². The quantitative estimate of drug-likeness (QED) is 0.761. The molecule has 2 aliphatic heterocycles. The topological polar surface area (TPSA) is 74.8 Å². The summed E-state index contributed by atoms with van der Waals surface area (Å²) >= 11 is 0. The van der Waals surface area contributed by atoms with Gasteiger partial charge in [0.25, 0.3) is 5.91 Å². The number of amides is 2. The second kappa shape index (κ2) is 9.01. The van der Waals surface area contributed by atoms with Crippen LogP contribution >= 0.6 is 0 Å². The van der Waals surface area contributed by atoms with Crippen LogP contribution in [0.3, 0.4) is 0 Å². The normalized spacial score (nSPS) is 24.4. The van der Waals surface area contributed by atoms with E-state index < -0.39 is 0 Å². The molecule has 2 amide bonds. The van der Waals surface area contributed by atoms with E-state index in [0.717, 1.165) is 25.6 Å². The summed E-state index contributed by atoms with van der Waals surface area (Å²) in [6, 6.07) is 3.47. The number of carbonyl (C=O) groups excluding carboxylic acids is 2. The van der Waals surface area contributed by atoms with E-state index in [0.29, 0.717) is 24.6 Å². The van der Waals surface area contributed by atoms with Crippen LogP contribution in [0.2, 0.25) is 0 Å². The molecule has 1 saturated carbocycles. The number of nitrogens with zero attached hydrogens (tertiary/aromatic N) is 3. The zero-order valence-corrected chi connectivity index (χ0v) is 16.4. The number of morpholine rings is 1. The number of ether oxygens (including phenoxy) is 1. The molecule has 152 valence electrons. The number of rotatable bonds is 7. The number of hydrogen-bond donors (Lipinski definition) is 1. The molecule has 0 unspecified atom stereocenters. The van der Waals surface area contributed by atoms with Crippen LogP contribution in [0.1, 0.15) is 36.0 Å². The van der Waals surface area contributed by atoms with Gasteiger partial charge in [-0.3, -0.25) is 14.6 Å². The Bertz CT molecular complexity index is 671. The molecule has 3 aliphatic rings. The maximum absolute atomic E-state index is 12.3. The lowest BCUT2D eigenvalue weighted by Crippen LogP contribution is -2.52. The Morgan fingerprint density at radius 1 is 1.18 bits per heavy atom. The molecule has 7 nitrogen and oxygen atoms in total. The van der Waals surface area contributed by atoms with Gasteiger partial charge >= 0.3 is 0 Å². The van der Waals surface area contributed by atoms with Crippen molar-refractivity contribution >= 4 is 11.8 Å². The summed E-state index contributed by atoms with van der Waals surface area (Å²) in [5.41, 5.74) is 0.532. The molecule has 3 fully saturated rings. The molecule has 28 heavy (non-hydrogen) atoms. The average molecular weight is 386 g/mol. The number of nitrogens with one attached hydrogen (secondary N) is 1. The summed E-state index contributed by atoms with van der Waals surface area (Å²) in [4.78, 5) is 32.9. The van der Waals surface area contributed by atoms with Crippen molar-refractivity contribution < 1.29 is 14.3 Å². The molecule has 1 aliphatic carbocycles. The van der Waals surface area contributed by atoms with E-state index in [-0.39, 0.29) is 24.5 Å². The van der Waals surface area contributed by atoms with Crippen LogP contribution in [0.4, 0.5) is 0 Å². The van der Waals surface area contributed by atoms with Crippen LogP contribution in [0, 0.1) is 11.8 Å². The van der Waals surface area contributed by atoms with E-state index in [1.165, 1.54) is 32.2 Å². The Labute approximate surface area is 166 Å². The molecule has 7 heteroatoms. The SMILES string of the molecule is O=C(NC[C@H]1CN(CC2CCN(CC3CC3)CC2)C(=O)CO1)c1cccnc1. The van der Waals surface area contributed by atoms with Gasteiger partial charge in [0, 0.05) is 38.6 Å². The fraction of sp³-hybridized carbons (Fsp3) is 0.667. The van der Waals surface area contributed by atoms with Crippen molar-refractivity contribution in [3.63, 3.8) is 0 Å². The van der Waals surface area contributed by atoms with E-state index in [4.69, 9.17) is 4.74 Å². The number of aromatic nitrogens is 1. The Balaban J connectivity index is 1.21. The summed E-state index contributed by atoms with van der Waals surface area (Å²) in [7, 11) is 0. The smallest absolute Gasteiger partial charge is 0.252 e. The number of piperidine rings is 1. The van der Waals surface area contributed by atoms with Gasteiger partial charge in [-0.1, -0.05) is 0 Å². The van der Waals surface area contributed by atoms with Gasteiger partial charge in [-0.2, -0.15) is 0 Å². The third-order valence-electron chi connectivity index (χ3n) is 6.03. The van der Waals surface area contributed by atoms with Gasteiger partial charge in [-0.25, -0.2) is 0 Å². The lowest BCUT2D eigenvalue weighted by molar-refractivity contribution is -0.149. The fourth-order valence-electron chi connectivity index (χ4n) is 4.12. The summed E-state index contributed by atoms with van der Waals surface area (Å²) in [5, 5.41) is 2.89. The highest BCUT2D eigenvalue weighted by molar-refractivity contribution is 5.93. The fourth-order valence-corrected chi connectivity index (χ4v) is 4.12. The Kier molecular flexibility index (Phi) is 6.22. The van der Waals surface area contributed by atoms with Crippen molar-refractivity contribution in [3.8, 4) is 0 Å². The van der Waals surface area contributed by atoms with Gasteiger partial charge in [-0.15, -0.1) is 0 Å². The van der Waals surface area contributed by atoms with E-state index in [1.54, 1.807) is 24.5 Å². The molecule has 1 aromatic rings. The molecule has 2 saturated heterocycles. The van der Waals surface area contributed by atoms with E-state index in [1.807, 2.05) is 4.90 Å². The zero-order valence-electron chi connectivity index (χ0n) is 16.4. The molecule has 1 aromatic heterocycles. The minimum absolute atomic E-state index is 0.0650. The average Bonchev–Trinajstić information content (AvgIpc) is 3.54. The highest BCUT2D eigenvalue weighted by Gasteiger charge is 2.31. The number of hydrogen-bond acceptors (Lipinski definition) is 5. The molecule has 1 atom stereocenters. The van der Waals surface area contributed by atoms with Crippen LogP contribution in [-0.2, 0) is 9.53 Å². The minimum Gasteiger partial charge on any atom is -0.365 e. The van der Waals surface area contributed by atoms with Crippen LogP contribution in [0.15, 0.2) is 24.5 Å². The van der Waals surface area contributed by atoms with E-state index in [9.17, 15) is 9.59 Å². The molecular weight excluding hydrogens is 356 g/mol. The number of likely N-dealkylation sites (tertiary alicyclic amines) is 1. The third kappa shape index (κ3) is 5.29. The summed E-state index contributed by atoms with van der Waals surface area (Å²) in [6.45, 7) is 5.45. The standard InChI is InChI=1S/C21H30N4O3/c26-20-15-28-19(11-23-21(27)18-2-1-7-22-10-18)14-25(20)13-17-5-8-24(9-6-17)12-16-3-4-16/h1-2,7,10,16-17,19H,3-6,8-9,11-15H2,(H,23,27)/t19-/m0/s1. The summed E-state index contributed by atoms with van der Waals surface area (Å²) in [6.07, 6.45) is 8.17. The van der Waals surface area contributed by atoms with E-state index in [2.05, 4.69) is 15.2 Å². The molecule has 0 aromatic carbocycles. The molecule has 1 N–H and O–H groups in total. The third-order valence-corrected chi connectivity index (χ3v) is 6.03. The summed E-state index contributed by atoms with van der Waals surface area (Å²) in [5.74, 6) is 1.42. The highest BCUT2D eigenvalue weighted by Crippen LogP contribution is 2.31. The van der Waals surface area contributed by atoms with Crippen molar-refractivity contribution in [2.24, 2.45) is 11.8 Å². The molecular formula is C21H30N4O3. The first-order valence-corrected chi connectivity index (χ1v) is 10.5. The predicted octanol–water partition coefficient (Wildman–Crippen LogP) is 1.16. The lowest BCUT2D eigenvalue weighted by atomic mass is 9.95. The van der Waals surface area contributed by atoms with Crippen molar-refractivity contribution in [3.05, 3.63) is 30.1 Å². The van der Waals surface area contributed by atoms with Crippen LogP contribution < -0.4 is 5.32 Å². The second-order valence-corrected chi connectivity index (χ2v) is 8.37. The molecule has 0 spiro atoms. The van der Waals surface area contributed by atoms with Gasteiger partial charge in [0.1, 0.15) is 6.61 Å². The van der Waals surface area contributed by atoms with Gasteiger partial charge in [-0.05, 0) is 62.7 Å². The largest absolute Gasteiger partial charge is 0.365 e. The number of pyridine rings is 1. The van der Waals surface area contributed by atoms with Crippen molar-refractivity contribution in [1.82, 2.24) is 20.1 Å². The first-order chi connectivity index (χ1) is 13.7. The van der Waals surface area contributed by atoms with Crippen LogP contribution in [0.5, 0.6) is 0 Å². The van der Waals surface area contributed by atoms with Gasteiger partial charge < -0.3 is 19.9 Å². The molecule has 0 radical (unpaired) electrons. The number of carbonyl (C=O) groups is 2. The maximum atomic E-state index is 12.3. The van der Waals surface area contributed by atoms with Crippen molar-refractivity contribution in [2.75, 3.05) is 45.9 Å². The first kappa shape index (κ1) is 19.3. The van der Waals surface area contributed by atoms with Gasteiger partial charge in [0.05, 0.1) is 11.7 Å². The molecule has 4 rings (SSSR count). The molecule has 0 bridgehead atoms. The maximum Gasteiger partial charge on any atom is 0.252 e. The van der Waals surface area contributed by atoms with Crippen LogP contribution in [-0.4, -0.2) is 78.6 Å². The Hall–Kier alpha value is -1.99. The van der Waals surface area contributed by atoms with Gasteiger partial charge in [0.2, 0.25) is 5.91 Å². The highest BCUT2D eigenvalue weighted by atomic mass is 16.5.